The summed E-state index contributed by atoms with van der Waals surface area (Å²) in [5.74, 6) is 0.685. The van der Waals surface area contributed by atoms with Crippen LogP contribution in [0.1, 0.15) is 10.5 Å². The molecule has 0 aliphatic carbocycles. The number of rotatable bonds is 5. The fourth-order valence-corrected chi connectivity index (χ4v) is 1.95. The molecule has 5 nitrogen and oxygen atoms in total. The number of aromatic nitrogens is 1. The Balaban J connectivity index is 2.14. The number of methoxy groups -OCH3 is 1. The van der Waals surface area contributed by atoms with Crippen LogP contribution in [0.2, 0.25) is 0 Å². The predicted molar refractivity (Wildman–Crippen MR) is 74.9 cm³/mol. The molecule has 2 rings (SSSR count). The highest BCUT2D eigenvalue weighted by Crippen LogP contribution is 2.25. The van der Waals surface area contributed by atoms with Gasteiger partial charge in [-0.05, 0) is 18.2 Å². The highest BCUT2D eigenvalue weighted by molar-refractivity contribution is 5.99. The number of hydrogen-bond donors (Lipinski definition) is 3. The molecule has 3 N–H and O–H groups in total. The number of H-pyrrole nitrogens is 1. The van der Waals surface area contributed by atoms with Crippen LogP contribution in [0.15, 0.2) is 24.3 Å². The third-order valence-electron chi connectivity index (χ3n) is 3.00. The van der Waals surface area contributed by atoms with Crippen LogP contribution in [0.4, 0.5) is 0 Å². The number of carbonyl (C=O) groups is 1. The van der Waals surface area contributed by atoms with Crippen LogP contribution in [0.5, 0.6) is 5.75 Å². The number of likely N-dealkylation sites (N-methyl/N-ethyl adjacent to an activating group) is 1. The van der Waals surface area contributed by atoms with Gasteiger partial charge in [0.15, 0.2) is 0 Å². The quantitative estimate of drug-likeness (QED) is 0.713. The Hall–Kier alpha value is -2.01. The average Bonchev–Trinajstić information content (AvgIpc) is 2.81. The Kier molecular flexibility index (Phi) is 4.06. The van der Waals surface area contributed by atoms with Crippen LogP contribution in [0, 0.1) is 0 Å². The number of aromatic amines is 1. The van der Waals surface area contributed by atoms with Gasteiger partial charge in [0, 0.05) is 10.9 Å². The third-order valence-corrected chi connectivity index (χ3v) is 3.00. The molecule has 0 atom stereocenters. The van der Waals surface area contributed by atoms with E-state index in [1.807, 2.05) is 24.3 Å². The van der Waals surface area contributed by atoms with Gasteiger partial charge in [-0.25, -0.2) is 0 Å². The molecule has 5 heteroatoms. The van der Waals surface area contributed by atoms with Gasteiger partial charge in [-0.3, -0.25) is 4.79 Å². The molecule has 1 amide bonds. The summed E-state index contributed by atoms with van der Waals surface area (Å²) in [6.07, 6.45) is 0. The minimum Gasteiger partial charge on any atom is -0.496 e. The van der Waals surface area contributed by atoms with Gasteiger partial charge in [-0.1, -0.05) is 6.07 Å². The molecule has 1 heterocycles. The minimum atomic E-state index is -0.0838. The van der Waals surface area contributed by atoms with Crippen molar-refractivity contribution in [3.63, 3.8) is 0 Å². The van der Waals surface area contributed by atoms with Crippen LogP contribution >= 0.6 is 0 Å². The van der Waals surface area contributed by atoms with Crippen molar-refractivity contribution in [2.24, 2.45) is 0 Å². The second-order valence-corrected chi connectivity index (χ2v) is 4.82. The summed E-state index contributed by atoms with van der Waals surface area (Å²) in [6.45, 7) is 1.56. The summed E-state index contributed by atoms with van der Waals surface area (Å²) in [7, 11) is 5.74. The lowest BCUT2D eigenvalue weighted by atomic mass is 10.2. The number of quaternary nitrogens is 1. The van der Waals surface area contributed by atoms with Gasteiger partial charge < -0.3 is 19.9 Å². The van der Waals surface area contributed by atoms with E-state index in [1.165, 1.54) is 4.90 Å². The standard InChI is InChI=1S/C14H19N3O2/c1-17(2)8-7-15-14(18)12-9-10-11(16-12)5-4-6-13(10)19-3/h4-6,9,16H,7-8H2,1-3H3,(H,15,18)/p+1. The maximum Gasteiger partial charge on any atom is 0.267 e. The van der Waals surface area contributed by atoms with Gasteiger partial charge in [0.1, 0.15) is 11.4 Å². The molecule has 0 saturated heterocycles. The maximum absolute atomic E-state index is 12.0. The van der Waals surface area contributed by atoms with Gasteiger partial charge >= 0.3 is 0 Å². The molecule has 0 bridgehead atoms. The first-order valence-corrected chi connectivity index (χ1v) is 6.34. The van der Waals surface area contributed by atoms with Crippen molar-refractivity contribution >= 4 is 16.8 Å². The van der Waals surface area contributed by atoms with Crippen molar-refractivity contribution < 1.29 is 14.4 Å². The summed E-state index contributed by atoms with van der Waals surface area (Å²) >= 11 is 0. The van der Waals surface area contributed by atoms with Gasteiger partial charge in [0.05, 0.1) is 34.3 Å². The van der Waals surface area contributed by atoms with Crippen LogP contribution in [0.25, 0.3) is 10.9 Å². The van der Waals surface area contributed by atoms with Gasteiger partial charge in [0.25, 0.3) is 5.91 Å². The zero-order chi connectivity index (χ0) is 13.8. The first-order valence-electron chi connectivity index (χ1n) is 6.34. The predicted octanol–water partition coefficient (Wildman–Crippen LogP) is 0.0508. The monoisotopic (exact) mass is 262 g/mol. The summed E-state index contributed by atoms with van der Waals surface area (Å²) in [5.41, 5.74) is 1.47. The first-order chi connectivity index (χ1) is 9.11. The molecule has 0 saturated carbocycles. The molecule has 0 unspecified atom stereocenters. The van der Waals surface area contributed by atoms with E-state index in [0.29, 0.717) is 12.2 Å². The summed E-state index contributed by atoms with van der Waals surface area (Å²) in [5, 5.41) is 3.82. The zero-order valence-electron chi connectivity index (χ0n) is 11.5. The van der Waals surface area contributed by atoms with Gasteiger partial charge in [-0.15, -0.1) is 0 Å². The van der Waals surface area contributed by atoms with Crippen molar-refractivity contribution in [2.75, 3.05) is 34.3 Å². The van der Waals surface area contributed by atoms with E-state index < -0.39 is 0 Å². The molecule has 1 aromatic carbocycles. The molecule has 0 spiro atoms. The topological polar surface area (TPSA) is 58.6 Å². The maximum atomic E-state index is 12.0. The second kappa shape index (κ2) is 5.75. The fourth-order valence-electron chi connectivity index (χ4n) is 1.95. The van der Waals surface area contributed by atoms with E-state index in [4.69, 9.17) is 4.74 Å². The van der Waals surface area contributed by atoms with Crippen LogP contribution in [0.3, 0.4) is 0 Å². The van der Waals surface area contributed by atoms with Crippen molar-refractivity contribution in [1.29, 1.82) is 0 Å². The number of ether oxygens (including phenoxy) is 1. The lowest BCUT2D eigenvalue weighted by Crippen LogP contribution is -3.06. The van der Waals surface area contributed by atoms with E-state index in [9.17, 15) is 4.79 Å². The molecular formula is C14H20N3O2+. The Labute approximate surface area is 112 Å². The Bertz CT molecular complexity index is 575. The largest absolute Gasteiger partial charge is 0.496 e. The Morgan fingerprint density at radius 1 is 1.42 bits per heavy atom. The van der Waals surface area contributed by atoms with Crippen molar-refractivity contribution in [3.8, 4) is 5.75 Å². The number of fused-ring (bicyclic) bond motifs is 1. The van der Waals surface area contributed by atoms with Crippen molar-refractivity contribution in [1.82, 2.24) is 10.3 Å². The highest BCUT2D eigenvalue weighted by atomic mass is 16.5. The number of benzene rings is 1. The Morgan fingerprint density at radius 3 is 2.89 bits per heavy atom. The van der Waals surface area contributed by atoms with Crippen LogP contribution in [-0.4, -0.2) is 45.2 Å². The lowest BCUT2D eigenvalue weighted by molar-refractivity contribution is -0.856. The second-order valence-electron chi connectivity index (χ2n) is 4.82. The number of amides is 1. The van der Waals surface area contributed by atoms with E-state index >= 15 is 0 Å². The molecule has 0 aliphatic rings. The SMILES string of the molecule is COc1cccc2[nH]c(C(=O)NCC[NH+](C)C)cc12. The van der Waals surface area contributed by atoms with Crippen molar-refractivity contribution in [2.45, 2.75) is 0 Å². The highest BCUT2D eigenvalue weighted by Gasteiger charge is 2.11. The zero-order valence-corrected chi connectivity index (χ0v) is 11.5. The van der Waals surface area contributed by atoms with Gasteiger partial charge in [-0.2, -0.15) is 0 Å². The van der Waals surface area contributed by atoms with Crippen molar-refractivity contribution in [3.05, 3.63) is 30.0 Å². The minimum absolute atomic E-state index is 0.0838. The Morgan fingerprint density at radius 2 is 2.21 bits per heavy atom. The molecule has 1 aromatic heterocycles. The molecule has 0 radical (unpaired) electrons. The summed E-state index contributed by atoms with van der Waals surface area (Å²) < 4.78 is 5.28. The normalized spacial score (nSPS) is 10.9. The number of hydrogen-bond acceptors (Lipinski definition) is 2. The van der Waals surface area contributed by atoms with Gasteiger partial charge in [0.2, 0.25) is 0 Å². The lowest BCUT2D eigenvalue weighted by Gasteiger charge is -2.07. The molecular weight excluding hydrogens is 242 g/mol. The van der Waals surface area contributed by atoms with Crippen LogP contribution in [-0.2, 0) is 0 Å². The number of carbonyl (C=O) groups excluding carboxylic acids is 1. The number of nitrogens with one attached hydrogen (secondary N) is 3. The molecule has 19 heavy (non-hydrogen) atoms. The molecule has 2 aromatic rings. The van der Waals surface area contributed by atoms with E-state index in [1.54, 1.807) is 7.11 Å². The first kappa shape index (κ1) is 13.4. The van der Waals surface area contributed by atoms with E-state index in [-0.39, 0.29) is 5.91 Å². The average molecular weight is 262 g/mol. The fraction of sp³-hybridized carbons (Fsp3) is 0.357. The summed E-state index contributed by atoms with van der Waals surface area (Å²) in [6, 6.07) is 7.53. The third kappa shape index (κ3) is 3.06. The smallest absolute Gasteiger partial charge is 0.267 e. The summed E-state index contributed by atoms with van der Waals surface area (Å²) in [4.78, 5) is 16.4. The van der Waals surface area contributed by atoms with E-state index in [0.717, 1.165) is 23.2 Å². The molecule has 102 valence electrons. The molecule has 0 aliphatic heterocycles. The van der Waals surface area contributed by atoms with Crippen LogP contribution < -0.4 is 15.0 Å². The van der Waals surface area contributed by atoms with E-state index in [2.05, 4.69) is 24.4 Å². The molecule has 0 fully saturated rings.